The molecule has 1 aliphatic rings. The molecule has 0 saturated heterocycles. The van der Waals surface area contributed by atoms with Crippen LogP contribution in [0, 0.1) is 17.3 Å². The maximum absolute atomic E-state index is 10.8. The zero-order valence-corrected chi connectivity index (χ0v) is 14.9. The van der Waals surface area contributed by atoms with Crippen LogP contribution >= 0.6 is 0 Å². The predicted octanol–water partition coefficient (Wildman–Crippen LogP) is 4.41. The highest BCUT2D eigenvalue weighted by atomic mass is 16.4. The molecule has 0 bridgehead atoms. The van der Waals surface area contributed by atoms with Crippen LogP contribution in [-0.2, 0) is 4.79 Å². The lowest BCUT2D eigenvalue weighted by Gasteiger charge is -2.42. The number of aliphatic carboxylic acids is 1. The number of hydrogen-bond donors (Lipinski definition) is 1. The van der Waals surface area contributed by atoms with Crippen LogP contribution in [0.3, 0.4) is 0 Å². The van der Waals surface area contributed by atoms with E-state index in [1.165, 1.54) is 25.7 Å². The van der Waals surface area contributed by atoms with E-state index >= 15 is 0 Å². The molecule has 0 unspecified atom stereocenters. The first kappa shape index (κ1) is 18.5. The summed E-state index contributed by atoms with van der Waals surface area (Å²) < 4.78 is 0. The third kappa shape index (κ3) is 6.37. The molecular formula is C18H35NO2. The number of carboxylic acids is 1. The Kier molecular flexibility index (Phi) is 6.27. The van der Waals surface area contributed by atoms with Crippen LogP contribution in [0.2, 0.25) is 0 Å². The Bertz CT molecular complexity index is 330. The van der Waals surface area contributed by atoms with Gasteiger partial charge in [0.05, 0.1) is 6.42 Å². The molecule has 0 aliphatic heterocycles. The van der Waals surface area contributed by atoms with Gasteiger partial charge in [0.25, 0.3) is 0 Å². The van der Waals surface area contributed by atoms with Crippen molar-refractivity contribution < 1.29 is 9.90 Å². The average molecular weight is 297 g/mol. The molecule has 3 nitrogen and oxygen atoms in total. The van der Waals surface area contributed by atoms with E-state index in [0.717, 1.165) is 18.4 Å². The highest BCUT2D eigenvalue weighted by molar-refractivity contribution is 5.66. The fraction of sp³-hybridized carbons (Fsp3) is 0.944. The minimum atomic E-state index is -0.694. The van der Waals surface area contributed by atoms with E-state index in [-0.39, 0.29) is 12.0 Å². The third-order valence-electron chi connectivity index (χ3n) is 5.09. The Morgan fingerprint density at radius 3 is 1.95 bits per heavy atom. The van der Waals surface area contributed by atoms with Crippen LogP contribution in [0.4, 0.5) is 0 Å². The quantitative estimate of drug-likeness (QED) is 0.817. The summed E-state index contributed by atoms with van der Waals surface area (Å²) >= 11 is 0. The van der Waals surface area contributed by atoms with Crippen LogP contribution < -0.4 is 0 Å². The van der Waals surface area contributed by atoms with Crippen molar-refractivity contribution >= 4 is 5.97 Å². The first-order chi connectivity index (χ1) is 9.50. The second-order valence-electron chi connectivity index (χ2n) is 8.84. The van der Waals surface area contributed by atoms with Gasteiger partial charge in [-0.25, -0.2) is 0 Å². The molecule has 0 amide bonds. The lowest BCUT2D eigenvalue weighted by atomic mass is 9.69. The largest absolute Gasteiger partial charge is 0.481 e. The van der Waals surface area contributed by atoms with Crippen LogP contribution in [0.5, 0.6) is 0 Å². The zero-order chi connectivity index (χ0) is 16.3. The van der Waals surface area contributed by atoms with E-state index in [1.54, 1.807) is 0 Å². The van der Waals surface area contributed by atoms with Crippen molar-refractivity contribution in [2.75, 3.05) is 13.1 Å². The SMILES string of the molecule is CC(C)(C)C1CCC(CN(CCC(=O)O)C(C)(C)C)CC1. The van der Waals surface area contributed by atoms with Gasteiger partial charge in [-0.2, -0.15) is 0 Å². The van der Waals surface area contributed by atoms with Crippen molar-refractivity contribution in [2.45, 2.75) is 79.2 Å². The molecule has 0 radical (unpaired) electrons. The second kappa shape index (κ2) is 7.13. The Hall–Kier alpha value is -0.570. The van der Waals surface area contributed by atoms with Crippen LogP contribution in [0.25, 0.3) is 0 Å². The van der Waals surface area contributed by atoms with Gasteiger partial charge in [-0.05, 0) is 63.7 Å². The van der Waals surface area contributed by atoms with Gasteiger partial charge in [0, 0.05) is 18.6 Å². The minimum Gasteiger partial charge on any atom is -0.481 e. The van der Waals surface area contributed by atoms with Crippen molar-refractivity contribution in [3.8, 4) is 0 Å². The van der Waals surface area contributed by atoms with Gasteiger partial charge in [-0.15, -0.1) is 0 Å². The summed E-state index contributed by atoms with van der Waals surface area (Å²) in [5, 5.41) is 8.93. The van der Waals surface area contributed by atoms with Crippen LogP contribution in [-0.4, -0.2) is 34.6 Å². The van der Waals surface area contributed by atoms with Gasteiger partial charge < -0.3 is 5.11 Å². The predicted molar refractivity (Wildman–Crippen MR) is 88.5 cm³/mol. The van der Waals surface area contributed by atoms with Gasteiger partial charge in [0.1, 0.15) is 0 Å². The summed E-state index contributed by atoms with van der Waals surface area (Å²) in [5.74, 6) is 0.883. The van der Waals surface area contributed by atoms with Gasteiger partial charge in [-0.1, -0.05) is 20.8 Å². The fourth-order valence-corrected chi connectivity index (χ4v) is 3.45. The number of hydrogen-bond acceptors (Lipinski definition) is 2. The van der Waals surface area contributed by atoms with E-state index in [1.807, 2.05) is 0 Å². The Morgan fingerprint density at radius 2 is 1.57 bits per heavy atom. The fourth-order valence-electron chi connectivity index (χ4n) is 3.45. The van der Waals surface area contributed by atoms with E-state index in [2.05, 4.69) is 46.4 Å². The lowest BCUT2D eigenvalue weighted by molar-refractivity contribution is -0.137. The second-order valence-corrected chi connectivity index (χ2v) is 8.84. The van der Waals surface area contributed by atoms with Crippen LogP contribution in [0.1, 0.15) is 73.6 Å². The summed E-state index contributed by atoms with van der Waals surface area (Å²) in [5.41, 5.74) is 0.480. The molecule has 1 rings (SSSR count). The van der Waals surface area contributed by atoms with Gasteiger partial charge in [0.15, 0.2) is 0 Å². The molecule has 0 spiro atoms. The molecule has 21 heavy (non-hydrogen) atoms. The van der Waals surface area contributed by atoms with Gasteiger partial charge in [0.2, 0.25) is 0 Å². The maximum Gasteiger partial charge on any atom is 0.304 e. The topological polar surface area (TPSA) is 40.5 Å². The first-order valence-corrected chi connectivity index (χ1v) is 8.47. The van der Waals surface area contributed by atoms with E-state index in [9.17, 15) is 4.79 Å². The molecule has 0 heterocycles. The molecule has 0 atom stereocenters. The number of rotatable bonds is 5. The minimum absolute atomic E-state index is 0.0519. The summed E-state index contributed by atoms with van der Waals surface area (Å²) in [4.78, 5) is 13.2. The van der Waals surface area contributed by atoms with E-state index in [0.29, 0.717) is 12.0 Å². The molecule has 0 aromatic heterocycles. The first-order valence-electron chi connectivity index (χ1n) is 8.47. The molecule has 1 saturated carbocycles. The summed E-state index contributed by atoms with van der Waals surface area (Å²) in [7, 11) is 0. The molecule has 3 heteroatoms. The summed E-state index contributed by atoms with van der Waals surface area (Å²) in [6.07, 6.45) is 5.48. The molecule has 1 N–H and O–H groups in total. The Morgan fingerprint density at radius 1 is 1.05 bits per heavy atom. The average Bonchev–Trinajstić information content (AvgIpc) is 2.32. The van der Waals surface area contributed by atoms with Crippen molar-refractivity contribution in [1.82, 2.24) is 4.90 Å². The van der Waals surface area contributed by atoms with Gasteiger partial charge >= 0.3 is 5.97 Å². The highest BCUT2D eigenvalue weighted by Gasteiger charge is 2.32. The number of carboxylic acid groups (broad SMARTS) is 1. The molecule has 124 valence electrons. The standard InChI is InChI=1S/C18H35NO2/c1-17(2,3)15-9-7-14(8-10-15)13-19(18(4,5)6)12-11-16(20)21/h14-15H,7-13H2,1-6H3,(H,20,21). The molecule has 1 fully saturated rings. The monoisotopic (exact) mass is 297 g/mol. The molecule has 1 aliphatic carbocycles. The van der Waals surface area contributed by atoms with Gasteiger partial charge in [-0.3, -0.25) is 9.69 Å². The van der Waals surface area contributed by atoms with Crippen molar-refractivity contribution in [2.24, 2.45) is 17.3 Å². The summed E-state index contributed by atoms with van der Waals surface area (Å²) in [6.45, 7) is 15.3. The lowest BCUT2D eigenvalue weighted by Crippen LogP contribution is -2.45. The highest BCUT2D eigenvalue weighted by Crippen LogP contribution is 2.40. The Balaban J connectivity index is 2.52. The number of nitrogens with zero attached hydrogens (tertiary/aromatic N) is 1. The normalized spacial score (nSPS) is 24.3. The van der Waals surface area contributed by atoms with Crippen molar-refractivity contribution in [1.29, 1.82) is 0 Å². The number of carbonyl (C=O) groups is 1. The smallest absolute Gasteiger partial charge is 0.304 e. The molecular weight excluding hydrogens is 262 g/mol. The third-order valence-corrected chi connectivity index (χ3v) is 5.09. The molecule has 0 aromatic rings. The van der Waals surface area contributed by atoms with E-state index in [4.69, 9.17) is 5.11 Å². The summed E-state index contributed by atoms with van der Waals surface area (Å²) in [6, 6.07) is 0. The van der Waals surface area contributed by atoms with Crippen molar-refractivity contribution in [3.05, 3.63) is 0 Å². The molecule has 0 aromatic carbocycles. The van der Waals surface area contributed by atoms with Crippen molar-refractivity contribution in [3.63, 3.8) is 0 Å². The zero-order valence-electron chi connectivity index (χ0n) is 14.9. The van der Waals surface area contributed by atoms with E-state index < -0.39 is 5.97 Å². The maximum atomic E-state index is 10.8. The van der Waals surface area contributed by atoms with Crippen LogP contribution in [0.15, 0.2) is 0 Å². The Labute approximate surface area is 131 Å².